The summed E-state index contributed by atoms with van der Waals surface area (Å²) in [6.07, 6.45) is 9.07. The summed E-state index contributed by atoms with van der Waals surface area (Å²) in [6.45, 7) is 3.85. The molecular weight excluding hydrogens is 374 g/mol. The van der Waals surface area contributed by atoms with Crippen molar-refractivity contribution in [1.82, 2.24) is 29.8 Å². The van der Waals surface area contributed by atoms with Gasteiger partial charge in [0, 0.05) is 36.1 Å². The van der Waals surface area contributed by atoms with Crippen LogP contribution in [0.5, 0.6) is 0 Å². The van der Waals surface area contributed by atoms with Crippen molar-refractivity contribution in [1.29, 1.82) is 0 Å². The molecule has 0 atom stereocenters. The number of benzene rings is 1. The summed E-state index contributed by atoms with van der Waals surface area (Å²) in [5, 5.41) is 3.57. The van der Waals surface area contributed by atoms with E-state index in [1.807, 2.05) is 12.3 Å². The van der Waals surface area contributed by atoms with E-state index in [9.17, 15) is 0 Å². The van der Waals surface area contributed by atoms with Gasteiger partial charge in [-0.1, -0.05) is 24.3 Å². The SMILES string of the molecule is CCn1c(-c2ccncc2-c2ccc(CCNC3CC3)cc2)nc2cnc(N)nc21. The normalized spacial score (nSPS) is 13.8. The number of rotatable bonds is 7. The molecule has 0 amide bonds. The topological polar surface area (TPSA) is 94.5 Å². The summed E-state index contributed by atoms with van der Waals surface area (Å²) in [5.41, 5.74) is 11.8. The van der Waals surface area contributed by atoms with Crippen molar-refractivity contribution in [3.05, 3.63) is 54.5 Å². The molecule has 5 rings (SSSR count). The van der Waals surface area contributed by atoms with Crippen LogP contribution in [-0.4, -0.2) is 37.1 Å². The number of pyridine rings is 1. The number of hydrogen-bond acceptors (Lipinski definition) is 6. The Morgan fingerprint density at radius 2 is 1.90 bits per heavy atom. The summed E-state index contributed by atoms with van der Waals surface area (Å²) >= 11 is 0. The number of fused-ring (bicyclic) bond motifs is 1. The Morgan fingerprint density at radius 3 is 2.67 bits per heavy atom. The number of imidazole rings is 1. The van der Waals surface area contributed by atoms with Crippen LogP contribution in [0.1, 0.15) is 25.3 Å². The molecule has 0 spiro atoms. The third kappa shape index (κ3) is 3.64. The highest BCUT2D eigenvalue weighted by Crippen LogP contribution is 2.32. The highest BCUT2D eigenvalue weighted by Gasteiger charge is 2.20. The van der Waals surface area contributed by atoms with Gasteiger partial charge >= 0.3 is 0 Å². The van der Waals surface area contributed by atoms with Crippen molar-refractivity contribution >= 4 is 17.1 Å². The zero-order valence-electron chi connectivity index (χ0n) is 17.0. The van der Waals surface area contributed by atoms with E-state index in [0.29, 0.717) is 0 Å². The second-order valence-corrected chi connectivity index (χ2v) is 7.71. The van der Waals surface area contributed by atoms with Gasteiger partial charge in [-0.3, -0.25) is 4.98 Å². The van der Waals surface area contributed by atoms with Crippen LogP contribution in [0.25, 0.3) is 33.7 Å². The zero-order valence-corrected chi connectivity index (χ0v) is 17.0. The van der Waals surface area contributed by atoms with Crippen molar-refractivity contribution in [2.75, 3.05) is 12.3 Å². The third-order valence-corrected chi connectivity index (χ3v) is 5.57. The summed E-state index contributed by atoms with van der Waals surface area (Å²) in [7, 11) is 0. The average molecular weight is 400 g/mol. The molecular formula is C23H25N7. The summed E-state index contributed by atoms with van der Waals surface area (Å²) in [6, 6.07) is 11.5. The van der Waals surface area contributed by atoms with Crippen molar-refractivity contribution in [3.63, 3.8) is 0 Å². The molecule has 4 aromatic rings. The van der Waals surface area contributed by atoms with E-state index < -0.39 is 0 Å². The predicted molar refractivity (Wildman–Crippen MR) is 119 cm³/mol. The lowest BCUT2D eigenvalue weighted by atomic mass is 9.99. The lowest BCUT2D eigenvalue weighted by molar-refractivity contribution is 0.682. The summed E-state index contributed by atoms with van der Waals surface area (Å²) in [5.74, 6) is 1.10. The highest BCUT2D eigenvalue weighted by atomic mass is 15.2. The minimum Gasteiger partial charge on any atom is -0.368 e. The molecule has 1 aliphatic rings. The maximum Gasteiger partial charge on any atom is 0.222 e. The molecule has 30 heavy (non-hydrogen) atoms. The zero-order chi connectivity index (χ0) is 20.5. The summed E-state index contributed by atoms with van der Waals surface area (Å²) in [4.78, 5) is 17.7. The van der Waals surface area contributed by atoms with E-state index >= 15 is 0 Å². The minimum atomic E-state index is 0.255. The van der Waals surface area contributed by atoms with E-state index in [-0.39, 0.29) is 5.95 Å². The first-order valence-electron chi connectivity index (χ1n) is 10.5. The van der Waals surface area contributed by atoms with E-state index in [2.05, 4.69) is 56.0 Å². The Labute approximate surface area is 175 Å². The van der Waals surface area contributed by atoms with E-state index in [4.69, 9.17) is 10.7 Å². The fourth-order valence-corrected chi connectivity index (χ4v) is 3.82. The lowest BCUT2D eigenvalue weighted by Crippen LogP contribution is -2.19. The molecule has 152 valence electrons. The van der Waals surface area contributed by atoms with Crippen LogP contribution < -0.4 is 11.1 Å². The number of anilines is 1. The summed E-state index contributed by atoms with van der Waals surface area (Å²) < 4.78 is 2.07. The maximum atomic E-state index is 5.81. The molecule has 0 bridgehead atoms. The van der Waals surface area contributed by atoms with Crippen LogP contribution in [0.4, 0.5) is 5.95 Å². The first-order valence-corrected chi connectivity index (χ1v) is 10.5. The van der Waals surface area contributed by atoms with E-state index in [0.717, 1.165) is 59.2 Å². The van der Waals surface area contributed by atoms with Gasteiger partial charge in [-0.15, -0.1) is 0 Å². The number of aryl methyl sites for hydroxylation is 1. The molecule has 1 aliphatic carbocycles. The maximum absolute atomic E-state index is 5.81. The van der Waals surface area contributed by atoms with Gasteiger partial charge in [0.2, 0.25) is 5.95 Å². The van der Waals surface area contributed by atoms with Gasteiger partial charge in [-0.05, 0) is 49.9 Å². The predicted octanol–water partition coefficient (Wildman–Crippen LogP) is 3.45. The first-order chi connectivity index (χ1) is 14.7. The molecule has 0 saturated heterocycles. The molecule has 3 aromatic heterocycles. The van der Waals surface area contributed by atoms with Crippen molar-refractivity contribution in [2.45, 2.75) is 38.8 Å². The van der Waals surface area contributed by atoms with Crippen LogP contribution >= 0.6 is 0 Å². The number of nitrogen functional groups attached to an aromatic ring is 1. The second-order valence-electron chi connectivity index (χ2n) is 7.71. The monoisotopic (exact) mass is 399 g/mol. The quantitative estimate of drug-likeness (QED) is 0.494. The Kier molecular flexibility index (Phi) is 4.88. The Balaban J connectivity index is 1.49. The second kappa shape index (κ2) is 7.84. The van der Waals surface area contributed by atoms with Crippen LogP contribution in [-0.2, 0) is 13.0 Å². The standard InChI is InChI=1S/C23H25N7/c1-2-30-21(28-20-14-27-23(24)29-22(20)30)18-10-11-25-13-19(18)16-5-3-15(4-6-16)9-12-26-17-7-8-17/h3-6,10-11,13-14,17,26H,2,7-9,12H2,1H3,(H2,24,27,29). The molecule has 7 nitrogen and oxygen atoms in total. The average Bonchev–Trinajstić information content (AvgIpc) is 3.53. The number of aromatic nitrogens is 5. The molecule has 0 aliphatic heterocycles. The van der Waals surface area contributed by atoms with Gasteiger partial charge in [-0.2, -0.15) is 4.98 Å². The van der Waals surface area contributed by atoms with Crippen LogP contribution in [0.3, 0.4) is 0 Å². The number of nitrogens with zero attached hydrogens (tertiary/aromatic N) is 5. The molecule has 3 heterocycles. The Morgan fingerprint density at radius 1 is 1.07 bits per heavy atom. The Bertz CT molecular complexity index is 1180. The van der Waals surface area contributed by atoms with Crippen molar-refractivity contribution in [2.24, 2.45) is 0 Å². The molecule has 7 heteroatoms. The fraction of sp³-hybridized carbons (Fsp3) is 0.304. The number of nitrogens with one attached hydrogen (secondary N) is 1. The van der Waals surface area contributed by atoms with Gasteiger partial charge in [0.05, 0.1) is 6.20 Å². The lowest BCUT2D eigenvalue weighted by Gasteiger charge is -2.11. The smallest absolute Gasteiger partial charge is 0.222 e. The van der Waals surface area contributed by atoms with Gasteiger partial charge < -0.3 is 15.6 Å². The number of hydrogen-bond donors (Lipinski definition) is 2. The van der Waals surface area contributed by atoms with Gasteiger partial charge in [0.1, 0.15) is 11.3 Å². The van der Waals surface area contributed by atoms with E-state index in [1.165, 1.54) is 18.4 Å². The minimum absolute atomic E-state index is 0.255. The molecule has 0 radical (unpaired) electrons. The van der Waals surface area contributed by atoms with Crippen LogP contribution in [0.15, 0.2) is 48.9 Å². The van der Waals surface area contributed by atoms with Gasteiger partial charge in [-0.25, -0.2) is 9.97 Å². The molecule has 1 saturated carbocycles. The third-order valence-electron chi connectivity index (χ3n) is 5.57. The highest BCUT2D eigenvalue weighted by molar-refractivity contribution is 5.84. The molecule has 1 aromatic carbocycles. The van der Waals surface area contributed by atoms with E-state index in [1.54, 1.807) is 12.4 Å². The van der Waals surface area contributed by atoms with Gasteiger partial charge in [0.25, 0.3) is 0 Å². The number of nitrogens with two attached hydrogens (primary N) is 1. The molecule has 3 N–H and O–H groups in total. The van der Waals surface area contributed by atoms with Crippen LogP contribution in [0.2, 0.25) is 0 Å². The van der Waals surface area contributed by atoms with Crippen molar-refractivity contribution < 1.29 is 0 Å². The largest absolute Gasteiger partial charge is 0.368 e. The molecule has 1 fully saturated rings. The first kappa shape index (κ1) is 18.7. The Hall–Kier alpha value is -3.32. The van der Waals surface area contributed by atoms with Crippen molar-refractivity contribution in [3.8, 4) is 22.5 Å². The molecule has 0 unspecified atom stereocenters. The fourth-order valence-electron chi connectivity index (χ4n) is 3.82. The van der Waals surface area contributed by atoms with Crippen LogP contribution in [0, 0.1) is 0 Å². The van der Waals surface area contributed by atoms with Gasteiger partial charge in [0.15, 0.2) is 5.65 Å².